The van der Waals surface area contributed by atoms with Gasteiger partial charge in [-0.3, -0.25) is 4.79 Å². The smallest absolute Gasteiger partial charge is 0.251 e. The number of hydrogen-bond donors (Lipinski definition) is 1. The van der Waals surface area contributed by atoms with Crippen LogP contribution in [0.5, 0.6) is 0 Å². The van der Waals surface area contributed by atoms with Crippen molar-refractivity contribution in [2.24, 2.45) is 0 Å². The molecule has 1 aliphatic rings. The number of likely N-dealkylation sites (tertiary alicyclic amines) is 1. The molecule has 0 bridgehead atoms. The van der Waals surface area contributed by atoms with Gasteiger partial charge in [-0.1, -0.05) is 36.4 Å². The minimum Gasteiger partial charge on any atom is -0.344 e. The molecule has 0 saturated carbocycles. The molecule has 1 amide bonds. The van der Waals surface area contributed by atoms with Crippen molar-refractivity contribution < 1.29 is 4.79 Å². The molecule has 1 fully saturated rings. The molecular formula is C20H21N3O. The van der Waals surface area contributed by atoms with Crippen LogP contribution in [-0.4, -0.2) is 30.4 Å². The zero-order valence-electron chi connectivity index (χ0n) is 13.6. The van der Waals surface area contributed by atoms with Gasteiger partial charge >= 0.3 is 0 Å². The van der Waals surface area contributed by atoms with Crippen molar-refractivity contribution in [2.75, 3.05) is 19.6 Å². The molecule has 1 N–H and O–H groups in total. The summed E-state index contributed by atoms with van der Waals surface area (Å²) < 4.78 is 0. The molecule has 0 aromatic heterocycles. The molecule has 3 rings (SSSR count). The molecule has 1 atom stereocenters. The van der Waals surface area contributed by atoms with Crippen LogP contribution < -0.4 is 5.32 Å². The predicted molar refractivity (Wildman–Crippen MR) is 93.5 cm³/mol. The zero-order chi connectivity index (χ0) is 16.8. The first kappa shape index (κ1) is 16.2. The van der Waals surface area contributed by atoms with Gasteiger partial charge < -0.3 is 10.2 Å². The van der Waals surface area contributed by atoms with E-state index < -0.39 is 0 Å². The lowest BCUT2D eigenvalue weighted by molar-refractivity contribution is 0.0927. The molecule has 4 nitrogen and oxygen atoms in total. The summed E-state index contributed by atoms with van der Waals surface area (Å²) in [6, 6.07) is 18.9. The highest BCUT2D eigenvalue weighted by molar-refractivity contribution is 5.94. The fourth-order valence-corrected chi connectivity index (χ4v) is 3.11. The van der Waals surface area contributed by atoms with Crippen LogP contribution in [0.4, 0.5) is 0 Å². The number of rotatable bonds is 5. The standard InChI is InChI=1S/C20H21N3O/c21-14-16-7-6-10-18(13-16)20(24)22-19(15-23-11-4-5-12-23)17-8-2-1-3-9-17/h1-3,6-10,13,19H,4-5,11-12,15H2,(H,22,24)/t19-/m0/s1. The van der Waals surface area contributed by atoms with Crippen molar-refractivity contribution in [3.05, 3.63) is 71.3 Å². The molecule has 122 valence electrons. The Morgan fingerprint density at radius 1 is 1.12 bits per heavy atom. The van der Waals surface area contributed by atoms with E-state index in [4.69, 9.17) is 5.26 Å². The van der Waals surface area contributed by atoms with E-state index in [9.17, 15) is 4.79 Å². The first-order chi connectivity index (χ1) is 11.8. The SMILES string of the molecule is N#Cc1cccc(C(=O)N[C@@H](CN2CCCC2)c2ccccc2)c1. The molecular weight excluding hydrogens is 298 g/mol. The van der Waals surface area contributed by atoms with Crippen molar-refractivity contribution in [1.29, 1.82) is 5.26 Å². The Kier molecular flexibility index (Phi) is 5.25. The maximum Gasteiger partial charge on any atom is 0.251 e. The van der Waals surface area contributed by atoms with Crippen molar-refractivity contribution >= 4 is 5.91 Å². The molecule has 0 unspecified atom stereocenters. The average molecular weight is 319 g/mol. The van der Waals surface area contributed by atoms with Crippen LogP contribution in [0.3, 0.4) is 0 Å². The summed E-state index contributed by atoms with van der Waals surface area (Å²) in [4.78, 5) is 15.0. The van der Waals surface area contributed by atoms with Gasteiger partial charge in [-0.2, -0.15) is 5.26 Å². The second kappa shape index (κ2) is 7.76. The third kappa shape index (κ3) is 4.01. The van der Waals surface area contributed by atoms with Gasteiger partial charge in [0.05, 0.1) is 17.7 Å². The summed E-state index contributed by atoms with van der Waals surface area (Å²) in [6.45, 7) is 2.99. The van der Waals surface area contributed by atoms with Crippen molar-refractivity contribution in [1.82, 2.24) is 10.2 Å². The molecule has 0 aliphatic carbocycles. The molecule has 1 saturated heterocycles. The highest BCUT2D eigenvalue weighted by atomic mass is 16.1. The van der Waals surface area contributed by atoms with Gasteiger partial charge in [0.25, 0.3) is 5.91 Å². The predicted octanol–water partition coefficient (Wildman–Crippen LogP) is 3.13. The number of carbonyl (C=O) groups excluding carboxylic acids is 1. The van der Waals surface area contributed by atoms with E-state index in [1.807, 2.05) is 30.3 Å². The van der Waals surface area contributed by atoms with E-state index in [2.05, 4.69) is 16.3 Å². The fraction of sp³-hybridized carbons (Fsp3) is 0.300. The van der Waals surface area contributed by atoms with E-state index in [1.54, 1.807) is 24.3 Å². The van der Waals surface area contributed by atoms with Crippen LogP contribution >= 0.6 is 0 Å². The lowest BCUT2D eigenvalue weighted by Crippen LogP contribution is -2.37. The highest BCUT2D eigenvalue weighted by Gasteiger charge is 2.21. The second-order valence-corrected chi connectivity index (χ2v) is 6.14. The van der Waals surface area contributed by atoms with Crippen LogP contribution in [0.2, 0.25) is 0 Å². The van der Waals surface area contributed by atoms with Crippen molar-refractivity contribution in [3.8, 4) is 6.07 Å². The molecule has 0 spiro atoms. The van der Waals surface area contributed by atoms with Crippen LogP contribution in [0.25, 0.3) is 0 Å². The number of benzene rings is 2. The van der Waals surface area contributed by atoms with E-state index >= 15 is 0 Å². The first-order valence-corrected chi connectivity index (χ1v) is 8.34. The lowest BCUT2D eigenvalue weighted by Gasteiger charge is -2.25. The van der Waals surface area contributed by atoms with Gasteiger partial charge in [0, 0.05) is 12.1 Å². The second-order valence-electron chi connectivity index (χ2n) is 6.14. The molecule has 4 heteroatoms. The van der Waals surface area contributed by atoms with E-state index in [0.29, 0.717) is 11.1 Å². The summed E-state index contributed by atoms with van der Waals surface area (Å²) in [5.74, 6) is -0.139. The minimum atomic E-state index is -0.139. The van der Waals surface area contributed by atoms with Gasteiger partial charge in [0.1, 0.15) is 0 Å². The van der Waals surface area contributed by atoms with Gasteiger partial charge in [0.15, 0.2) is 0 Å². The van der Waals surface area contributed by atoms with E-state index in [-0.39, 0.29) is 11.9 Å². The number of nitrogens with one attached hydrogen (secondary N) is 1. The molecule has 24 heavy (non-hydrogen) atoms. The van der Waals surface area contributed by atoms with Crippen molar-refractivity contribution in [2.45, 2.75) is 18.9 Å². The number of hydrogen-bond acceptors (Lipinski definition) is 3. The van der Waals surface area contributed by atoms with E-state index in [0.717, 1.165) is 25.2 Å². The molecule has 0 radical (unpaired) electrons. The third-order valence-electron chi connectivity index (χ3n) is 4.40. The van der Waals surface area contributed by atoms with Crippen LogP contribution in [0, 0.1) is 11.3 Å². The number of carbonyl (C=O) groups is 1. The summed E-state index contributed by atoms with van der Waals surface area (Å²) in [5.41, 5.74) is 2.13. The largest absolute Gasteiger partial charge is 0.344 e. The molecule has 1 aliphatic heterocycles. The maximum atomic E-state index is 12.6. The topological polar surface area (TPSA) is 56.1 Å². The summed E-state index contributed by atoms with van der Waals surface area (Å²) in [5, 5.41) is 12.1. The Morgan fingerprint density at radius 2 is 1.88 bits per heavy atom. The summed E-state index contributed by atoms with van der Waals surface area (Å²) in [7, 11) is 0. The van der Waals surface area contributed by atoms with Gasteiger partial charge in [0.2, 0.25) is 0 Å². The van der Waals surface area contributed by atoms with E-state index in [1.165, 1.54) is 12.8 Å². The minimum absolute atomic E-state index is 0.0532. The van der Waals surface area contributed by atoms with Gasteiger partial charge in [-0.15, -0.1) is 0 Å². The van der Waals surface area contributed by atoms with Crippen molar-refractivity contribution in [3.63, 3.8) is 0 Å². The Morgan fingerprint density at radius 3 is 2.58 bits per heavy atom. The number of nitriles is 1. The fourth-order valence-electron chi connectivity index (χ4n) is 3.11. The average Bonchev–Trinajstić information content (AvgIpc) is 3.15. The Hall–Kier alpha value is -2.64. The van der Waals surface area contributed by atoms with Gasteiger partial charge in [-0.05, 0) is 49.7 Å². The molecule has 2 aromatic rings. The van der Waals surface area contributed by atoms with Crippen LogP contribution in [-0.2, 0) is 0 Å². The Bertz CT molecular complexity index is 730. The Labute approximate surface area is 142 Å². The monoisotopic (exact) mass is 319 g/mol. The Balaban J connectivity index is 1.77. The van der Waals surface area contributed by atoms with Gasteiger partial charge in [-0.25, -0.2) is 0 Å². The summed E-state index contributed by atoms with van der Waals surface area (Å²) in [6.07, 6.45) is 2.44. The number of nitrogens with zero attached hydrogens (tertiary/aromatic N) is 2. The zero-order valence-corrected chi connectivity index (χ0v) is 13.6. The normalized spacial score (nSPS) is 15.6. The lowest BCUT2D eigenvalue weighted by atomic mass is 10.0. The summed E-state index contributed by atoms with van der Waals surface area (Å²) >= 11 is 0. The maximum absolute atomic E-state index is 12.6. The van der Waals surface area contributed by atoms with Crippen LogP contribution in [0.1, 0.15) is 40.4 Å². The molecule has 2 aromatic carbocycles. The first-order valence-electron chi connectivity index (χ1n) is 8.34. The van der Waals surface area contributed by atoms with Crippen LogP contribution in [0.15, 0.2) is 54.6 Å². The highest BCUT2D eigenvalue weighted by Crippen LogP contribution is 2.18. The molecule has 1 heterocycles. The number of amides is 1. The third-order valence-corrected chi connectivity index (χ3v) is 4.40. The quantitative estimate of drug-likeness (QED) is 0.921.